The summed E-state index contributed by atoms with van der Waals surface area (Å²) in [5.41, 5.74) is 2.65. The summed E-state index contributed by atoms with van der Waals surface area (Å²) >= 11 is 0. The third-order valence-electron chi connectivity index (χ3n) is 4.53. The molecule has 7 nitrogen and oxygen atoms in total. The maximum Gasteiger partial charge on any atom is 0.226 e. The Hall–Kier alpha value is -4.20. The highest BCUT2D eigenvalue weighted by Gasteiger charge is 2.07. The first-order valence-electron chi connectivity index (χ1n) is 10.0. The monoisotopic (exact) mass is 431 g/mol. The smallest absolute Gasteiger partial charge is 0.226 e. The molecule has 0 saturated carbocycles. The molecule has 0 aliphatic heterocycles. The van der Waals surface area contributed by atoms with Gasteiger partial charge in [0.25, 0.3) is 0 Å². The molecule has 4 aromatic rings. The van der Waals surface area contributed by atoms with Gasteiger partial charge in [0.1, 0.15) is 17.8 Å². The number of aliphatic imine (C=N–C) groups is 1. The molecule has 0 bridgehead atoms. The fraction of sp³-hybridized carbons (Fsp3) is 0.125. The van der Waals surface area contributed by atoms with Gasteiger partial charge in [-0.3, -0.25) is 4.99 Å². The molecular weight excluding hydrogens is 409 g/mol. The van der Waals surface area contributed by atoms with Crippen molar-refractivity contribution in [2.24, 2.45) is 4.99 Å². The molecule has 0 atom stereocenters. The normalized spacial score (nSPS) is 11.2. The zero-order valence-corrected chi connectivity index (χ0v) is 17.5. The van der Waals surface area contributed by atoms with Crippen molar-refractivity contribution in [1.82, 2.24) is 20.6 Å². The van der Waals surface area contributed by atoms with E-state index < -0.39 is 0 Å². The van der Waals surface area contributed by atoms with Gasteiger partial charge in [-0.25, -0.2) is 14.4 Å². The lowest BCUT2D eigenvalue weighted by molar-refractivity contribution is 0.460. The van der Waals surface area contributed by atoms with E-state index in [2.05, 4.69) is 25.6 Å². The van der Waals surface area contributed by atoms with E-state index in [1.54, 1.807) is 31.6 Å². The van der Waals surface area contributed by atoms with Crippen LogP contribution in [0.2, 0.25) is 0 Å². The molecule has 0 unspecified atom stereocenters. The molecule has 32 heavy (non-hydrogen) atoms. The number of ether oxygens (including phenoxy) is 1. The first kappa shape index (κ1) is 21.0. The molecule has 0 saturated heterocycles. The Bertz CT molecular complexity index is 1180. The molecule has 0 aliphatic carbocycles. The highest BCUT2D eigenvalue weighted by molar-refractivity contribution is 5.79. The lowest BCUT2D eigenvalue weighted by Crippen LogP contribution is -2.36. The van der Waals surface area contributed by atoms with Crippen LogP contribution in [-0.2, 0) is 13.1 Å². The van der Waals surface area contributed by atoms with Crippen molar-refractivity contribution in [2.45, 2.75) is 13.1 Å². The summed E-state index contributed by atoms with van der Waals surface area (Å²) in [6, 6.07) is 19.2. The number of hydrogen-bond donors (Lipinski definition) is 2. The Morgan fingerprint density at radius 1 is 1.03 bits per heavy atom. The molecule has 2 N–H and O–H groups in total. The first-order valence-corrected chi connectivity index (χ1v) is 10.0. The molecule has 0 fully saturated rings. The fourth-order valence-electron chi connectivity index (χ4n) is 2.92. The number of halogens is 1. The van der Waals surface area contributed by atoms with Crippen LogP contribution in [0.4, 0.5) is 4.39 Å². The third kappa shape index (κ3) is 5.69. The van der Waals surface area contributed by atoms with Crippen LogP contribution in [0.3, 0.4) is 0 Å². The number of rotatable bonds is 7. The van der Waals surface area contributed by atoms with Crippen molar-refractivity contribution in [3.05, 3.63) is 96.3 Å². The van der Waals surface area contributed by atoms with Gasteiger partial charge in [0.05, 0.1) is 12.2 Å². The summed E-state index contributed by atoms with van der Waals surface area (Å²) in [5, 5.41) is 6.46. The van der Waals surface area contributed by atoms with Crippen molar-refractivity contribution in [1.29, 1.82) is 0 Å². The second-order valence-electron chi connectivity index (χ2n) is 6.85. The first-order chi connectivity index (χ1) is 15.7. The van der Waals surface area contributed by atoms with Crippen molar-refractivity contribution in [3.63, 3.8) is 0 Å². The second kappa shape index (κ2) is 10.2. The summed E-state index contributed by atoms with van der Waals surface area (Å²) in [5.74, 6) is 1.82. The number of aromatic nitrogens is 2. The van der Waals surface area contributed by atoms with Crippen LogP contribution in [0, 0.1) is 5.82 Å². The van der Waals surface area contributed by atoms with E-state index in [-0.39, 0.29) is 5.82 Å². The number of guanidine groups is 1. The number of nitrogens with one attached hydrogen (secondary N) is 2. The number of pyridine rings is 1. The van der Waals surface area contributed by atoms with Gasteiger partial charge in [0.15, 0.2) is 5.96 Å². The summed E-state index contributed by atoms with van der Waals surface area (Å²) in [4.78, 5) is 12.9. The molecule has 2 aromatic heterocycles. The Morgan fingerprint density at radius 2 is 1.81 bits per heavy atom. The third-order valence-corrected chi connectivity index (χ3v) is 4.53. The van der Waals surface area contributed by atoms with Crippen LogP contribution in [0.15, 0.2) is 88.6 Å². The molecule has 2 aromatic carbocycles. The van der Waals surface area contributed by atoms with Crippen molar-refractivity contribution < 1.29 is 13.5 Å². The molecular formula is C24H22FN5O2. The summed E-state index contributed by atoms with van der Waals surface area (Å²) in [6.07, 6.45) is 3.29. The van der Waals surface area contributed by atoms with Gasteiger partial charge >= 0.3 is 0 Å². The maximum absolute atomic E-state index is 13.0. The summed E-state index contributed by atoms with van der Waals surface area (Å²) < 4.78 is 24.3. The largest absolute Gasteiger partial charge is 0.444 e. The minimum absolute atomic E-state index is 0.316. The van der Waals surface area contributed by atoms with Gasteiger partial charge in [-0.2, -0.15) is 0 Å². The number of benzene rings is 2. The fourth-order valence-corrected chi connectivity index (χ4v) is 2.92. The molecule has 0 spiro atoms. The Balaban J connectivity index is 1.30. The summed E-state index contributed by atoms with van der Waals surface area (Å²) in [6.45, 7) is 0.974. The van der Waals surface area contributed by atoms with E-state index in [1.165, 1.54) is 12.1 Å². The highest BCUT2D eigenvalue weighted by atomic mass is 19.1. The van der Waals surface area contributed by atoms with E-state index in [9.17, 15) is 4.39 Å². The van der Waals surface area contributed by atoms with Crippen LogP contribution < -0.4 is 15.4 Å². The quantitative estimate of drug-likeness (QED) is 0.330. The van der Waals surface area contributed by atoms with E-state index in [1.807, 2.05) is 42.5 Å². The predicted molar refractivity (Wildman–Crippen MR) is 120 cm³/mol. The topological polar surface area (TPSA) is 84.6 Å². The van der Waals surface area contributed by atoms with Gasteiger partial charge in [-0.1, -0.05) is 18.2 Å². The van der Waals surface area contributed by atoms with Gasteiger partial charge in [0, 0.05) is 31.4 Å². The Labute approximate surface area is 185 Å². The van der Waals surface area contributed by atoms with Crippen LogP contribution in [0.25, 0.3) is 11.5 Å². The molecule has 2 heterocycles. The Morgan fingerprint density at radius 3 is 2.59 bits per heavy atom. The second-order valence-corrected chi connectivity index (χ2v) is 6.85. The molecule has 162 valence electrons. The Kier molecular flexibility index (Phi) is 6.72. The number of nitrogens with zero attached hydrogens (tertiary/aromatic N) is 3. The van der Waals surface area contributed by atoms with Crippen molar-refractivity contribution in [2.75, 3.05) is 7.05 Å². The zero-order valence-electron chi connectivity index (χ0n) is 17.5. The van der Waals surface area contributed by atoms with Gasteiger partial charge in [-0.15, -0.1) is 0 Å². The van der Waals surface area contributed by atoms with Gasteiger partial charge in [0.2, 0.25) is 11.8 Å². The minimum atomic E-state index is -0.316. The van der Waals surface area contributed by atoms with E-state index in [4.69, 9.17) is 9.15 Å². The van der Waals surface area contributed by atoms with Crippen molar-refractivity contribution in [3.8, 4) is 23.1 Å². The van der Waals surface area contributed by atoms with E-state index in [0.717, 1.165) is 16.8 Å². The van der Waals surface area contributed by atoms with Gasteiger partial charge < -0.3 is 19.8 Å². The van der Waals surface area contributed by atoms with E-state index >= 15 is 0 Å². The predicted octanol–water partition coefficient (Wildman–Crippen LogP) is 4.53. The number of hydrogen-bond acceptors (Lipinski definition) is 5. The molecule has 8 heteroatoms. The standard InChI is InChI=1S/C24H22FN5O2/c1-26-24(29-15-20-16-31-23(30-20)18-5-3-2-4-6-18)28-14-17-11-12-27-22(13-17)32-21-9-7-19(25)8-10-21/h2-13,16H,14-15H2,1H3,(H2,26,28,29). The van der Waals surface area contributed by atoms with Crippen LogP contribution in [0.5, 0.6) is 11.6 Å². The molecule has 0 radical (unpaired) electrons. The SMILES string of the molecule is CN=C(NCc1ccnc(Oc2ccc(F)cc2)c1)NCc1coc(-c2ccccc2)n1. The minimum Gasteiger partial charge on any atom is -0.444 e. The lowest BCUT2D eigenvalue weighted by atomic mass is 10.2. The van der Waals surface area contributed by atoms with Crippen LogP contribution in [-0.4, -0.2) is 23.0 Å². The lowest BCUT2D eigenvalue weighted by Gasteiger charge is -2.11. The summed E-state index contributed by atoms with van der Waals surface area (Å²) in [7, 11) is 1.70. The maximum atomic E-state index is 13.0. The van der Waals surface area contributed by atoms with Crippen molar-refractivity contribution >= 4 is 5.96 Å². The zero-order chi connectivity index (χ0) is 22.2. The highest BCUT2D eigenvalue weighted by Crippen LogP contribution is 2.20. The molecule has 0 amide bonds. The average Bonchev–Trinajstić information content (AvgIpc) is 3.31. The number of oxazole rings is 1. The van der Waals surface area contributed by atoms with Crippen LogP contribution in [0.1, 0.15) is 11.3 Å². The average molecular weight is 431 g/mol. The van der Waals surface area contributed by atoms with E-state index in [0.29, 0.717) is 36.6 Å². The molecule has 0 aliphatic rings. The van der Waals surface area contributed by atoms with Gasteiger partial charge in [-0.05, 0) is 48.0 Å². The molecule has 4 rings (SSSR count). The van der Waals surface area contributed by atoms with Crippen LogP contribution >= 0.6 is 0 Å².